The summed E-state index contributed by atoms with van der Waals surface area (Å²) < 4.78 is 0. The van der Waals surface area contributed by atoms with Crippen LogP contribution in [0.3, 0.4) is 0 Å². The van der Waals surface area contributed by atoms with E-state index in [9.17, 15) is 4.79 Å². The normalized spacial score (nSPS) is 10.2. The van der Waals surface area contributed by atoms with E-state index < -0.39 is 0 Å². The number of rotatable bonds is 5. The average Bonchev–Trinajstić information content (AvgIpc) is 2.82. The summed E-state index contributed by atoms with van der Waals surface area (Å²) in [6, 6.07) is 7.53. The van der Waals surface area contributed by atoms with Gasteiger partial charge in [-0.1, -0.05) is 12.1 Å². The van der Waals surface area contributed by atoms with Gasteiger partial charge >= 0.3 is 0 Å². The molecule has 1 amide bonds. The molecule has 0 bridgehead atoms. The first-order chi connectivity index (χ1) is 9.22. The SMILES string of the molecule is CCNc1ccccc1C(=O)NCc1scnc1C. The van der Waals surface area contributed by atoms with Crippen LogP contribution in [0.4, 0.5) is 5.69 Å². The highest BCUT2D eigenvalue weighted by Gasteiger charge is 2.11. The predicted octanol–water partition coefficient (Wildman–Crippen LogP) is 2.81. The van der Waals surface area contributed by atoms with Crippen molar-refractivity contribution in [3.63, 3.8) is 0 Å². The van der Waals surface area contributed by atoms with Crippen molar-refractivity contribution < 1.29 is 4.79 Å². The third-order valence-corrected chi connectivity index (χ3v) is 3.73. The lowest BCUT2D eigenvalue weighted by atomic mass is 10.1. The highest BCUT2D eigenvalue weighted by Crippen LogP contribution is 2.16. The number of aryl methyl sites for hydroxylation is 1. The summed E-state index contributed by atoms with van der Waals surface area (Å²) in [4.78, 5) is 17.4. The topological polar surface area (TPSA) is 54.0 Å². The zero-order chi connectivity index (χ0) is 13.7. The van der Waals surface area contributed by atoms with Crippen molar-refractivity contribution in [2.45, 2.75) is 20.4 Å². The van der Waals surface area contributed by atoms with Gasteiger partial charge in [0.2, 0.25) is 0 Å². The fourth-order valence-corrected chi connectivity index (χ4v) is 2.49. The van der Waals surface area contributed by atoms with Crippen molar-refractivity contribution in [2.75, 3.05) is 11.9 Å². The molecule has 1 heterocycles. The van der Waals surface area contributed by atoms with Crippen LogP contribution in [0.15, 0.2) is 29.8 Å². The van der Waals surface area contributed by atoms with Crippen LogP contribution in [-0.4, -0.2) is 17.4 Å². The van der Waals surface area contributed by atoms with Gasteiger partial charge in [-0.25, -0.2) is 4.98 Å². The van der Waals surface area contributed by atoms with Crippen LogP contribution in [0, 0.1) is 6.92 Å². The molecule has 0 spiro atoms. The maximum absolute atomic E-state index is 12.2. The molecule has 100 valence electrons. The molecule has 0 aliphatic heterocycles. The number of para-hydroxylation sites is 1. The molecule has 0 saturated heterocycles. The summed E-state index contributed by atoms with van der Waals surface area (Å²) in [7, 11) is 0. The van der Waals surface area contributed by atoms with Crippen LogP contribution in [0.25, 0.3) is 0 Å². The largest absolute Gasteiger partial charge is 0.385 e. The van der Waals surface area contributed by atoms with E-state index in [0.29, 0.717) is 12.1 Å². The molecular weight excluding hydrogens is 258 g/mol. The molecule has 0 fully saturated rings. The molecule has 19 heavy (non-hydrogen) atoms. The van der Waals surface area contributed by atoms with E-state index in [-0.39, 0.29) is 5.91 Å². The smallest absolute Gasteiger partial charge is 0.253 e. The van der Waals surface area contributed by atoms with Gasteiger partial charge in [-0.3, -0.25) is 4.79 Å². The zero-order valence-electron chi connectivity index (χ0n) is 11.1. The summed E-state index contributed by atoms with van der Waals surface area (Å²) in [5.74, 6) is -0.0654. The van der Waals surface area contributed by atoms with Crippen LogP contribution in [0.2, 0.25) is 0 Å². The molecule has 2 rings (SSSR count). The fourth-order valence-electron chi connectivity index (χ4n) is 1.78. The minimum absolute atomic E-state index is 0.0654. The Morgan fingerprint density at radius 2 is 2.16 bits per heavy atom. The van der Waals surface area contributed by atoms with E-state index in [2.05, 4.69) is 15.6 Å². The number of amides is 1. The van der Waals surface area contributed by atoms with Crippen LogP contribution in [-0.2, 0) is 6.54 Å². The Morgan fingerprint density at radius 3 is 2.84 bits per heavy atom. The van der Waals surface area contributed by atoms with Gasteiger partial charge in [0.25, 0.3) is 5.91 Å². The minimum Gasteiger partial charge on any atom is -0.385 e. The minimum atomic E-state index is -0.0654. The molecule has 0 saturated carbocycles. The number of thiazole rings is 1. The second-order valence-electron chi connectivity index (χ2n) is 4.12. The Kier molecular flexibility index (Phi) is 4.52. The molecule has 2 aromatic rings. The molecule has 0 atom stereocenters. The Hall–Kier alpha value is -1.88. The van der Waals surface area contributed by atoms with Gasteiger partial charge in [0.05, 0.1) is 23.3 Å². The lowest BCUT2D eigenvalue weighted by Gasteiger charge is -2.10. The highest BCUT2D eigenvalue weighted by molar-refractivity contribution is 7.09. The van der Waals surface area contributed by atoms with Gasteiger partial charge in [-0.2, -0.15) is 0 Å². The van der Waals surface area contributed by atoms with Gasteiger partial charge in [-0.15, -0.1) is 11.3 Å². The Morgan fingerprint density at radius 1 is 1.37 bits per heavy atom. The number of carbonyl (C=O) groups is 1. The molecule has 0 aliphatic carbocycles. The first-order valence-electron chi connectivity index (χ1n) is 6.22. The lowest BCUT2D eigenvalue weighted by Crippen LogP contribution is -2.23. The summed E-state index contributed by atoms with van der Waals surface area (Å²) in [6.45, 7) is 5.27. The van der Waals surface area contributed by atoms with E-state index >= 15 is 0 Å². The lowest BCUT2D eigenvalue weighted by molar-refractivity contribution is 0.0952. The molecule has 0 radical (unpaired) electrons. The van der Waals surface area contributed by atoms with Gasteiger partial charge in [0.15, 0.2) is 0 Å². The number of benzene rings is 1. The summed E-state index contributed by atoms with van der Waals surface area (Å²) >= 11 is 1.56. The number of hydrogen-bond acceptors (Lipinski definition) is 4. The Labute approximate surface area is 116 Å². The first-order valence-corrected chi connectivity index (χ1v) is 7.10. The van der Waals surface area contributed by atoms with Crippen LogP contribution < -0.4 is 10.6 Å². The second-order valence-corrected chi connectivity index (χ2v) is 5.06. The van der Waals surface area contributed by atoms with Gasteiger partial charge in [-0.05, 0) is 26.0 Å². The molecule has 0 aliphatic rings. The molecule has 1 aromatic heterocycles. The number of carbonyl (C=O) groups excluding carboxylic acids is 1. The van der Waals surface area contributed by atoms with Crippen molar-refractivity contribution in [2.24, 2.45) is 0 Å². The van der Waals surface area contributed by atoms with E-state index in [0.717, 1.165) is 22.8 Å². The van der Waals surface area contributed by atoms with Crippen molar-refractivity contribution in [3.05, 3.63) is 45.9 Å². The monoisotopic (exact) mass is 275 g/mol. The van der Waals surface area contributed by atoms with Gasteiger partial charge < -0.3 is 10.6 Å². The zero-order valence-corrected chi connectivity index (χ0v) is 11.9. The highest BCUT2D eigenvalue weighted by atomic mass is 32.1. The van der Waals surface area contributed by atoms with Gasteiger partial charge in [0.1, 0.15) is 0 Å². The van der Waals surface area contributed by atoms with Crippen LogP contribution in [0.5, 0.6) is 0 Å². The van der Waals surface area contributed by atoms with Crippen LogP contribution >= 0.6 is 11.3 Å². The predicted molar refractivity (Wildman–Crippen MR) is 78.6 cm³/mol. The maximum Gasteiger partial charge on any atom is 0.253 e. The van der Waals surface area contributed by atoms with Crippen LogP contribution in [0.1, 0.15) is 27.9 Å². The number of anilines is 1. The van der Waals surface area contributed by atoms with E-state index in [4.69, 9.17) is 0 Å². The maximum atomic E-state index is 12.2. The molecule has 2 N–H and O–H groups in total. The van der Waals surface area contributed by atoms with Crippen molar-refractivity contribution in [3.8, 4) is 0 Å². The van der Waals surface area contributed by atoms with Crippen molar-refractivity contribution >= 4 is 22.9 Å². The van der Waals surface area contributed by atoms with Crippen molar-refractivity contribution in [1.82, 2.24) is 10.3 Å². The van der Waals surface area contributed by atoms with Crippen molar-refractivity contribution in [1.29, 1.82) is 0 Å². The summed E-state index contributed by atoms with van der Waals surface area (Å²) in [6.07, 6.45) is 0. The number of nitrogens with zero attached hydrogens (tertiary/aromatic N) is 1. The van der Waals surface area contributed by atoms with Gasteiger partial charge in [0, 0.05) is 17.1 Å². The summed E-state index contributed by atoms with van der Waals surface area (Å²) in [5, 5.41) is 6.12. The Balaban J connectivity index is 2.06. The Bertz CT molecular complexity index is 565. The number of nitrogens with one attached hydrogen (secondary N) is 2. The standard InChI is InChI=1S/C14H17N3OS/c1-3-15-12-7-5-4-6-11(12)14(18)16-8-13-10(2)17-9-19-13/h4-7,9,15H,3,8H2,1-2H3,(H,16,18). The second kappa shape index (κ2) is 6.33. The fraction of sp³-hybridized carbons (Fsp3) is 0.286. The molecule has 1 aromatic carbocycles. The summed E-state index contributed by atoms with van der Waals surface area (Å²) in [5.41, 5.74) is 4.31. The number of hydrogen-bond donors (Lipinski definition) is 2. The third kappa shape index (κ3) is 3.32. The third-order valence-electron chi connectivity index (χ3n) is 2.79. The molecular formula is C14H17N3OS. The van der Waals surface area contributed by atoms with E-state index in [1.165, 1.54) is 0 Å². The molecule has 0 unspecified atom stereocenters. The molecule has 5 heteroatoms. The quantitative estimate of drug-likeness (QED) is 0.882. The molecule has 4 nitrogen and oxygen atoms in total. The number of aromatic nitrogens is 1. The average molecular weight is 275 g/mol. The van der Waals surface area contributed by atoms with E-state index in [1.54, 1.807) is 16.8 Å². The first kappa shape index (κ1) is 13.5. The van der Waals surface area contributed by atoms with E-state index in [1.807, 2.05) is 38.1 Å².